The Morgan fingerprint density at radius 2 is 0.917 bits per heavy atom. The van der Waals surface area contributed by atoms with Gasteiger partial charge in [0.15, 0.2) is 16.6 Å². The van der Waals surface area contributed by atoms with Crippen molar-refractivity contribution in [2.45, 2.75) is 117 Å². The van der Waals surface area contributed by atoms with E-state index in [1.165, 1.54) is 0 Å². The molecule has 0 saturated heterocycles. The van der Waals surface area contributed by atoms with Gasteiger partial charge in [0.05, 0.1) is 0 Å². The molecule has 0 heterocycles. The predicted octanol–water partition coefficient (Wildman–Crippen LogP) is 7.14. The summed E-state index contributed by atoms with van der Waals surface area (Å²) in [7, 11) is -3.31. The highest BCUT2D eigenvalue weighted by Gasteiger charge is 2.39. The van der Waals surface area contributed by atoms with Crippen LogP contribution in [-0.4, -0.2) is 28.8 Å². The molecule has 4 heteroatoms. The molecule has 24 heavy (non-hydrogen) atoms. The smallest absolute Gasteiger partial charge is 0.192 e. The van der Waals surface area contributed by atoms with Crippen molar-refractivity contribution in [3.8, 4) is 0 Å². The third kappa shape index (κ3) is 7.98. The van der Waals surface area contributed by atoms with Crippen molar-refractivity contribution >= 4 is 16.6 Å². The van der Waals surface area contributed by atoms with Gasteiger partial charge in [-0.05, 0) is 63.0 Å². The van der Waals surface area contributed by atoms with E-state index in [0.29, 0.717) is 12.2 Å². The second-order valence-electron chi connectivity index (χ2n) is 10.3. The van der Waals surface area contributed by atoms with E-state index in [1.54, 1.807) is 0 Å². The molecule has 0 fully saturated rings. The van der Waals surface area contributed by atoms with Crippen LogP contribution in [-0.2, 0) is 8.85 Å². The summed E-state index contributed by atoms with van der Waals surface area (Å²) in [6.45, 7) is 27.4. The molecule has 0 aromatic carbocycles. The zero-order valence-corrected chi connectivity index (χ0v) is 20.5. The van der Waals surface area contributed by atoms with Gasteiger partial charge < -0.3 is 8.85 Å². The summed E-state index contributed by atoms with van der Waals surface area (Å²) >= 11 is 0. The first-order valence-corrected chi connectivity index (χ1v) is 15.3. The molecule has 0 N–H and O–H groups in total. The number of hydrogen-bond acceptors (Lipinski definition) is 2. The van der Waals surface area contributed by atoms with E-state index in [1.807, 2.05) is 0 Å². The first-order chi connectivity index (χ1) is 10.5. The van der Waals surface area contributed by atoms with E-state index in [4.69, 9.17) is 8.85 Å². The molecule has 2 nitrogen and oxygen atoms in total. The Morgan fingerprint density at radius 3 is 1.12 bits per heavy atom. The molecule has 0 aliphatic rings. The average Bonchev–Trinajstić information content (AvgIpc) is 2.30. The molecule has 0 amide bonds. The van der Waals surface area contributed by atoms with E-state index < -0.39 is 16.6 Å². The van der Waals surface area contributed by atoms with Crippen molar-refractivity contribution < 1.29 is 8.85 Å². The molecule has 2 atom stereocenters. The fraction of sp³-hybridized carbons (Fsp3) is 0.900. The molecular weight excluding hydrogens is 328 g/mol. The number of hydrogen-bond donors (Lipinski definition) is 0. The van der Waals surface area contributed by atoms with Gasteiger partial charge in [-0.25, -0.2) is 0 Å². The van der Waals surface area contributed by atoms with Crippen molar-refractivity contribution in [1.29, 1.82) is 0 Å². The third-order valence-electron chi connectivity index (χ3n) is 5.71. The third-order valence-corrected chi connectivity index (χ3v) is 14.9. The molecule has 0 saturated carbocycles. The van der Waals surface area contributed by atoms with Crippen LogP contribution >= 0.6 is 0 Å². The molecule has 0 aromatic rings. The summed E-state index contributed by atoms with van der Waals surface area (Å²) in [6, 6.07) is 0. The summed E-state index contributed by atoms with van der Waals surface area (Å²) in [6.07, 6.45) is 7.09. The van der Waals surface area contributed by atoms with Gasteiger partial charge in [-0.1, -0.05) is 53.7 Å². The first-order valence-electron chi connectivity index (χ1n) is 9.50. The van der Waals surface area contributed by atoms with Crippen molar-refractivity contribution in [3.63, 3.8) is 0 Å². The first kappa shape index (κ1) is 24.1. The lowest BCUT2D eigenvalue weighted by Crippen LogP contribution is -2.43. The molecule has 0 radical (unpaired) electrons. The summed E-state index contributed by atoms with van der Waals surface area (Å²) < 4.78 is 12.8. The minimum Gasteiger partial charge on any atom is -0.414 e. The molecule has 0 bridgehead atoms. The lowest BCUT2D eigenvalue weighted by atomic mass is 10.2. The zero-order valence-electron chi connectivity index (χ0n) is 18.5. The molecular formula is C20H44O2Si2. The normalized spacial score (nSPS) is 17.3. The van der Waals surface area contributed by atoms with Gasteiger partial charge in [0.25, 0.3) is 0 Å². The second kappa shape index (κ2) is 8.65. The maximum Gasteiger partial charge on any atom is 0.192 e. The Balaban J connectivity index is 4.35. The molecule has 0 rings (SSSR count). The van der Waals surface area contributed by atoms with Crippen molar-refractivity contribution in [2.75, 3.05) is 0 Å². The van der Waals surface area contributed by atoms with Gasteiger partial charge in [0.1, 0.15) is 0 Å². The van der Waals surface area contributed by atoms with Gasteiger partial charge in [-0.15, -0.1) is 0 Å². The topological polar surface area (TPSA) is 18.5 Å². The van der Waals surface area contributed by atoms with Crippen LogP contribution in [0.15, 0.2) is 12.2 Å². The van der Waals surface area contributed by atoms with E-state index in [9.17, 15) is 0 Å². The van der Waals surface area contributed by atoms with Crippen molar-refractivity contribution in [3.05, 3.63) is 12.2 Å². The standard InChI is InChI=1S/C20H44O2Si2/c1-17(21-23(9,10)19(3,4)5)15-13-14-16-18(2)22-24(11,12)20(6,7)8/h13-14,17-18H,15-16H2,1-12H3/b14-13+/t17-,18+. The summed E-state index contributed by atoms with van der Waals surface area (Å²) in [5.74, 6) is 0. The Bertz CT molecular complexity index is 363. The van der Waals surface area contributed by atoms with Crippen LogP contribution in [0.4, 0.5) is 0 Å². The van der Waals surface area contributed by atoms with Crippen LogP contribution in [0.2, 0.25) is 36.3 Å². The average molecular weight is 373 g/mol. The quantitative estimate of drug-likeness (QED) is 0.333. The van der Waals surface area contributed by atoms with Crippen LogP contribution in [0.1, 0.15) is 68.2 Å². The van der Waals surface area contributed by atoms with Crippen LogP contribution in [0.25, 0.3) is 0 Å². The van der Waals surface area contributed by atoms with Gasteiger partial charge in [0.2, 0.25) is 0 Å². The largest absolute Gasteiger partial charge is 0.414 e. The van der Waals surface area contributed by atoms with Crippen molar-refractivity contribution in [2.24, 2.45) is 0 Å². The molecule has 0 aliphatic carbocycles. The maximum absolute atomic E-state index is 6.40. The Kier molecular flexibility index (Phi) is 8.69. The summed E-state index contributed by atoms with van der Waals surface area (Å²) in [5.41, 5.74) is 0. The van der Waals surface area contributed by atoms with Crippen LogP contribution in [0.3, 0.4) is 0 Å². The molecule has 0 aromatic heterocycles. The zero-order chi connectivity index (χ0) is 19.4. The van der Waals surface area contributed by atoms with Crippen LogP contribution in [0.5, 0.6) is 0 Å². The summed E-state index contributed by atoms with van der Waals surface area (Å²) in [4.78, 5) is 0. The lowest BCUT2D eigenvalue weighted by Gasteiger charge is -2.38. The van der Waals surface area contributed by atoms with Gasteiger partial charge in [0, 0.05) is 12.2 Å². The van der Waals surface area contributed by atoms with Gasteiger partial charge in [-0.3, -0.25) is 0 Å². The predicted molar refractivity (Wildman–Crippen MR) is 114 cm³/mol. The highest BCUT2D eigenvalue weighted by molar-refractivity contribution is 6.74. The number of rotatable bonds is 8. The van der Waals surface area contributed by atoms with E-state index in [2.05, 4.69) is 93.7 Å². The van der Waals surface area contributed by atoms with E-state index >= 15 is 0 Å². The Morgan fingerprint density at radius 1 is 0.667 bits per heavy atom. The molecule has 144 valence electrons. The highest BCUT2D eigenvalue weighted by atomic mass is 28.4. The molecule has 0 unspecified atom stereocenters. The van der Waals surface area contributed by atoms with E-state index in [-0.39, 0.29) is 10.1 Å². The Labute approximate surface area is 154 Å². The second-order valence-corrected chi connectivity index (χ2v) is 19.8. The molecule has 0 aliphatic heterocycles. The lowest BCUT2D eigenvalue weighted by molar-refractivity contribution is 0.198. The van der Waals surface area contributed by atoms with Crippen molar-refractivity contribution in [1.82, 2.24) is 0 Å². The fourth-order valence-electron chi connectivity index (χ4n) is 2.03. The van der Waals surface area contributed by atoms with E-state index in [0.717, 1.165) is 12.8 Å². The SMILES string of the molecule is C[C@H](C/C=C/C[C@H](C)O[Si](C)(C)C(C)(C)C)O[Si](C)(C)C(C)(C)C. The highest BCUT2D eigenvalue weighted by Crippen LogP contribution is 2.38. The van der Waals surface area contributed by atoms with Gasteiger partial charge >= 0.3 is 0 Å². The van der Waals surface area contributed by atoms with Gasteiger partial charge in [-0.2, -0.15) is 0 Å². The van der Waals surface area contributed by atoms with Crippen LogP contribution < -0.4 is 0 Å². The minimum absolute atomic E-state index is 0.274. The maximum atomic E-state index is 6.40. The molecule has 0 spiro atoms. The monoisotopic (exact) mass is 372 g/mol. The fourth-order valence-corrected chi connectivity index (χ4v) is 4.94. The Hall–Kier alpha value is 0.0938. The van der Waals surface area contributed by atoms with Crippen LogP contribution in [0, 0.1) is 0 Å². The summed E-state index contributed by atoms with van der Waals surface area (Å²) in [5, 5.41) is 0.549. The minimum atomic E-state index is -1.66.